The maximum absolute atomic E-state index is 13.0. The lowest BCUT2D eigenvalue weighted by Crippen LogP contribution is -2.52. The van der Waals surface area contributed by atoms with Gasteiger partial charge in [-0.1, -0.05) is 0 Å². The van der Waals surface area contributed by atoms with Gasteiger partial charge in [0, 0.05) is 6.54 Å². The molecule has 2 atom stereocenters. The molecule has 0 spiro atoms. The molecule has 6 nitrogen and oxygen atoms in total. The van der Waals surface area contributed by atoms with Crippen LogP contribution < -0.4 is 0 Å². The lowest BCUT2D eigenvalue weighted by atomic mass is 9.96. The van der Waals surface area contributed by atoms with Gasteiger partial charge in [-0.15, -0.1) is 0 Å². The molecular formula is C13H20F3NO5. The fourth-order valence-corrected chi connectivity index (χ4v) is 2.06. The first-order valence-electron chi connectivity index (χ1n) is 6.78. The zero-order valence-electron chi connectivity index (χ0n) is 12.6. The maximum Gasteiger partial charge on any atom is 0.410 e. The van der Waals surface area contributed by atoms with Gasteiger partial charge >= 0.3 is 18.2 Å². The van der Waals surface area contributed by atoms with Crippen molar-refractivity contribution in [1.82, 2.24) is 4.90 Å². The van der Waals surface area contributed by atoms with Crippen LogP contribution in [0.1, 0.15) is 27.2 Å². The van der Waals surface area contributed by atoms with E-state index in [9.17, 15) is 22.8 Å². The van der Waals surface area contributed by atoms with E-state index in [1.807, 2.05) is 0 Å². The van der Waals surface area contributed by atoms with Crippen LogP contribution in [0.5, 0.6) is 0 Å². The lowest BCUT2D eigenvalue weighted by molar-refractivity contribution is -0.219. The minimum absolute atomic E-state index is 0.100. The normalized spacial score (nSPS) is 21.4. The first-order chi connectivity index (χ1) is 9.90. The van der Waals surface area contributed by atoms with E-state index in [0.29, 0.717) is 0 Å². The summed E-state index contributed by atoms with van der Waals surface area (Å²) in [6.07, 6.45) is -7.98. The topological polar surface area (TPSA) is 76.1 Å². The Morgan fingerprint density at radius 2 is 1.95 bits per heavy atom. The Bertz CT molecular complexity index is 419. The molecule has 128 valence electrons. The van der Waals surface area contributed by atoms with E-state index in [-0.39, 0.29) is 19.7 Å². The number of carbonyl (C=O) groups is 2. The number of carboxylic acid groups (broad SMARTS) is 1. The second-order valence-corrected chi connectivity index (χ2v) is 6.08. The van der Waals surface area contributed by atoms with Crippen LogP contribution in [-0.2, 0) is 14.3 Å². The SMILES string of the molecule is CC(C)(C)OC(=O)N1CCOC(C(CC(=O)O)C(F)(F)F)C1. The van der Waals surface area contributed by atoms with Gasteiger partial charge < -0.3 is 19.5 Å². The third kappa shape index (κ3) is 5.70. The van der Waals surface area contributed by atoms with Crippen LogP contribution in [0.3, 0.4) is 0 Å². The molecule has 0 aromatic carbocycles. The van der Waals surface area contributed by atoms with Gasteiger partial charge in [0.1, 0.15) is 5.60 Å². The number of halogens is 3. The van der Waals surface area contributed by atoms with E-state index in [1.54, 1.807) is 20.8 Å². The summed E-state index contributed by atoms with van der Waals surface area (Å²) in [7, 11) is 0. The summed E-state index contributed by atoms with van der Waals surface area (Å²) < 4.78 is 49.1. The van der Waals surface area contributed by atoms with E-state index in [2.05, 4.69) is 0 Å². The monoisotopic (exact) mass is 327 g/mol. The summed E-state index contributed by atoms with van der Waals surface area (Å²) >= 11 is 0. The summed E-state index contributed by atoms with van der Waals surface area (Å²) in [4.78, 5) is 23.7. The van der Waals surface area contributed by atoms with Crippen molar-refractivity contribution < 1.29 is 37.3 Å². The van der Waals surface area contributed by atoms with Crippen LogP contribution in [0.2, 0.25) is 0 Å². The number of morpholine rings is 1. The number of rotatable bonds is 3. The number of amides is 1. The van der Waals surface area contributed by atoms with E-state index in [4.69, 9.17) is 14.6 Å². The first-order valence-corrected chi connectivity index (χ1v) is 6.78. The Labute approximate surface area is 126 Å². The van der Waals surface area contributed by atoms with Crippen molar-refractivity contribution in [3.05, 3.63) is 0 Å². The molecule has 0 radical (unpaired) electrons. The molecule has 1 aliphatic heterocycles. The summed E-state index contributed by atoms with van der Waals surface area (Å²) in [6, 6.07) is 0. The number of ether oxygens (including phenoxy) is 2. The van der Waals surface area contributed by atoms with E-state index in [1.165, 1.54) is 0 Å². The van der Waals surface area contributed by atoms with Gasteiger partial charge in [-0.3, -0.25) is 4.79 Å². The minimum atomic E-state index is -4.72. The van der Waals surface area contributed by atoms with E-state index < -0.39 is 42.3 Å². The molecule has 0 saturated carbocycles. The van der Waals surface area contributed by atoms with Crippen molar-refractivity contribution in [3.63, 3.8) is 0 Å². The van der Waals surface area contributed by atoms with Gasteiger partial charge in [-0.25, -0.2) is 4.79 Å². The van der Waals surface area contributed by atoms with Crippen molar-refractivity contribution in [2.75, 3.05) is 19.7 Å². The van der Waals surface area contributed by atoms with Crippen molar-refractivity contribution >= 4 is 12.1 Å². The van der Waals surface area contributed by atoms with Gasteiger partial charge in [0.15, 0.2) is 0 Å². The van der Waals surface area contributed by atoms with E-state index >= 15 is 0 Å². The highest BCUT2D eigenvalue weighted by molar-refractivity contribution is 5.68. The van der Waals surface area contributed by atoms with Gasteiger partial charge in [-0.2, -0.15) is 13.2 Å². The number of aliphatic carboxylic acids is 1. The number of hydrogen-bond donors (Lipinski definition) is 1. The number of hydrogen-bond acceptors (Lipinski definition) is 4. The Hall–Kier alpha value is -1.51. The standard InChI is InChI=1S/C13H20F3NO5/c1-12(2,3)22-11(20)17-4-5-21-9(7-17)8(6-10(18)19)13(14,15)16/h8-9H,4-7H2,1-3H3,(H,18,19). The van der Waals surface area contributed by atoms with Gasteiger partial charge in [0.25, 0.3) is 0 Å². The Balaban J connectivity index is 2.79. The molecule has 1 fully saturated rings. The molecule has 1 N–H and O–H groups in total. The third-order valence-electron chi connectivity index (χ3n) is 3.01. The summed E-state index contributed by atoms with van der Waals surface area (Å²) in [6.45, 7) is 4.58. The Kier molecular flexibility index (Phi) is 5.66. The molecule has 2 unspecified atom stereocenters. The zero-order chi connectivity index (χ0) is 17.1. The number of alkyl halides is 3. The van der Waals surface area contributed by atoms with Crippen LogP contribution in [0.25, 0.3) is 0 Å². The number of nitrogens with zero attached hydrogens (tertiary/aromatic N) is 1. The lowest BCUT2D eigenvalue weighted by Gasteiger charge is -2.37. The van der Waals surface area contributed by atoms with Crippen LogP contribution >= 0.6 is 0 Å². The molecule has 1 saturated heterocycles. The molecule has 22 heavy (non-hydrogen) atoms. The minimum Gasteiger partial charge on any atom is -0.481 e. The fraction of sp³-hybridized carbons (Fsp3) is 0.846. The van der Waals surface area contributed by atoms with Crippen molar-refractivity contribution in [1.29, 1.82) is 0 Å². The third-order valence-corrected chi connectivity index (χ3v) is 3.01. The molecule has 1 amide bonds. The molecule has 0 bridgehead atoms. The molecule has 0 aromatic rings. The highest BCUT2D eigenvalue weighted by Gasteiger charge is 2.48. The van der Waals surface area contributed by atoms with Gasteiger partial charge in [-0.05, 0) is 20.8 Å². The van der Waals surface area contributed by atoms with Crippen LogP contribution in [0.4, 0.5) is 18.0 Å². The van der Waals surface area contributed by atoms with Crippen molar-refractivity contribution in [2.24, 2.45) is 5.92 Å². The maximum atomic E-state index is 13.0. The summed E-state index contributed by atoms with van der Waals surface area (Å²) in [5.41, 5.74) is -0.768. The Morgan fingerprint density at radius 3 is 2.41 bits per heavy atom. The summed E-state index contributed by atoms with van der Waals surface area (Å²) in [5.74, 6) is -3.74. The van der Waals surface area contributed by atoms with Crippen LogP contribution in [0, 0.1) is 5.92 Å². The fourth-order valence-electron chi connectivity index (χ4n) is 2.06. The predicted octanol–water partition coefficient (Wildman–Crippen LogP) is 2.28. The number of carboxylic acids is 1. The largest absolute Gasteiger partial charge is 0.481 e. The highest BCUT2D eigenvalue weighted by Crippen LogP contribution is 2.34. The molecular weight excluding hydrogens is 307 g/mol. The molecule has 1 heterocycles. The molecule has 1 rings (SSSR count). The number of carbonyl (C=O) groups excluding carboxylic acids is 1. The van der Waals surface area contributed by atoms with Crippen LogP contribution in [-0.4, -0.2) is 59.6 Å². The predicted molar refractivity (Wildman–Crippen MR) is 69.3 cm³/mol. The highest BCUT2D eigenvalue weighted by atomic mass is 19.4. The van der Waals surface area contributed by atoms with Gasteiger partial charge in [0.05, 0.1) is 31.6 Å². The molecule has 0 aromatic heterocycles. The van der Waals surface area contributed by atoms with Crippen LogP contribution in [0.15, 0.2) is 0 Å². The molecule has 1 aliphatic rings. The second kappa shape index (κ2) is 6.72. The van der Waals surface area contributed by atoms with E-state index in [0.717, 1.165) is 4.90 Å². The summed E-state index contributed by atoms with van der Waals surface area (Å²) in [5, 5.41) is 8.65. The molecule has 9 heteroatoms. The smallest absolute Gasteiger partial charge is 0.410 e. The quantitative estimate of drug-likeness (QED) is 0.860. The van der Waals surface area contributed by atoms with Crippen molar-refractivity contribution in [2.45, 2.75) is 45.1 Å². The van der Waals surface area contributed by atoms with Gasteiger partial charge in [0.2, 0.25) is 0 Å². The Morgan fingerprint density at radius 1 is 1.36 bits per heavy atom. The second-order valence-electron chi connectivity index (χ2n) is 6.08. The average molecular weight is 327 g/mol. The first kappa shape index (κ1) is 18.5. The average Bonchev–Trinajstić information content (AvgIpc) is 2.32. The molecule has 0 aliphatic carbocycles. The van der Waals surface area contributed by atoms with Crippen molar-refractivity contribution in [3.8, 4) is 0 Å². The zero-order valence-corrected chi connectivity index (χ0v) is 12.6.